The lowest BCUT2D eigenvalue weighted by Gasteiger charge is -2.27. The van der Waals surface area contributed by atoms with Crippen LogP contribution in [0.5, 0.6) is 11.5 Å². The number of aryl methyl sites for hydroxylation is 1. The minimum Gasteiger partial charge on any atom is -0.486 e. The fourth-order valence-corrected chi connectivity index (χ4v) is 2.96. The van der Waals surface area contributed by atoms with E-state index in [4.69, 9.17) is 9.47 Å². The first kappa shape index (κ1) is 13.4. The monoisotopic (exact) mass is 290 g/mol. The zero-order valence-electron chi connectivity index (χ0n) is 11.6. The Hall–Kier alpha value is -1.59. The third-order valence-electron chi connectivity index (χ3n) is 3.29. The second-order valence-corrected chi connectivity index (χ2v) is 6.18. The minimum atomic E-state index is 0.0429. The van der Waals surface area contributed by atoms with Gasteiger partial charge in [0, 0.05) is 23.7 Å². The summed E-state index contributed by atoms with van der Waals surface area (Å²) in [7, 11) is 0. The number of rotatable bonds is 4. The van der Waals surface area contributed by atoms with Crippen molar-refractivity contribution in [3.63, 3.8) is 0 Å². The van der Waals surface area contributed by atoms with Crippen molar-refractivity contribution in [2.24, 2.45) is 0 Å². The molecule has 4 nitrogen and oxygen atoms in total. The summed E-state index contributed by atoms with van der Waals surface area (Å²) >= 11 is 1.73. The van der Waals surface area contributed by atoms with Gasteiger partial charge in [-0.05, 0) is 26.0 Å². The Bertz CT molecular complexity index is 585. The highest BCUT2D eigenvalue weighted by Gasteiger charge is 2.21. The van der Waals surface area contributed by atoms with Crippen molar-refractivity contribution >= 4 is 11.3 Å². The largest absolute Gasteiger partial charge is 0.486 e. The van der Waals surface area contributed by atoms with E-state index in [1.54, 1.807) is 11.3 Å². The maximum Gasteiger partial charge on any atom is 0.161 e. The van der Waals surface area contributed by atoms with Crippen LogP contribution in [0.25, 0.3) is 0 Å². The van der Waals surface area contributed by atoms with Crippen molar-refractivity contribution in [2.45, 2.75) is 26.0 Å². The van der Waals surface area contributed by atoms with E-state index in [1.807, 2.05) is 37.4 Å². The number of ether oxygens (including phenoxy) is 2. The van der Waals surface area contributed by atoms with Gasteiger partial charge in [0.2, 0.25) is 0 Å². The molecule has 0 bridgehead atoms. The van der Waals surface area contributed by atoms with Crippen LogP contribution in [0, 0.1) is 6.92 Å². The van der Waals surface area contributed by atoms with E-state index in [1.165, 1.54) is 4.88 Å². The van der Waals surface area contributed by atoms with Gasteiger partial charge in [-0.2, -0.15) is 0 Å². The van der Waals surface area contributed by atoms with E-state index in [2.05, 4.69) is 17.2 Å². The lowest BCUT2D eigenvalue weighted by Crippen LogP contribution is -2.39. The fourth-order valence-electron chi connectivity index (χ4n) is 2.15. The van der Waals surface area contributed by atoms with Gasteiger partial charge in [0.05, 0.1) is 5.01 Å². The zero-order valence-corrected chi connectivity index (χ0v) is 12.4. The molecule has 1 aromatic carbocycles. The minimum absolute atomic E-state index is 0.0429. The van der Waals surface area contributed by atoms with Gasteiger partial charge in [-0.3, -0.25) is 0 Å². The van der Waals surface area contributed by atoms with Crippen LogP contribution in [0.2, 0.25) is 0 Å². The van der Waals surface area contributed by atoms with Crippen molar-refractivity contribution in [3.8, 4) is 11.5 Å². The number of nitrogens with one attached hydrogen (secondary N) is 1. The molecule has 5 heteroatoms. The van der Waals surface area contributed by atoms with Gasteiger partial charge in [0.1, 0.15) is 12.7 Å². The smallest absolute Gasteiger partial charge is 0.161 e. The van der Waals surface area contributed by atoms with Crippen LogP contribution >= 0.6 is 11.3 Å². The van der Waals surface area contributed by atoms with E-state index < -0.39 is 0 Å². The first-order valence-electron chi connectivity index (χ1n) is 6.76. The molecule has 0 amide bonds. The van der Waals surface area contributed by atoms with Crippen LogP contribution < -0.4 is 14.8 Å². The van der Waals surface area contributed by atoms with Crippen LogP contribution in [-0.2, 0) is 0 Å². The zero-order chi connectivity index (χ0) is 13.9. The molecule has 3 rings (SSSR count). The van der Waals surface area contributed by atoms with Crippen molar-refractivity contribution < 1.29 is 9.47 Å². The molecule has 0 fully saturated rings. The fraction of sp³-hybridized carbons (Fsp3) is 0.400. The van der Waals surface area contributed by atoms with E-state index in [0.717, 1.165) is 23.1 Å². The molecule has 0 saturated carbocycles. The predicted octanol–water partition coefficient (Wildman–Crippen LogP) is 2.94. The normalized spacial score (nSPS) is 18.8. The van der Waals surface area contributed by atoms with Gasteiger partial charge in [0.15, 0.2) is 11.5 Å². The molecule has 0 unspecified atom stereocenters. The highest BCUT2D eigenvalue weighted by atomic mass is 32.1. The first-order valence-corrected chi connectivity index (χ1v) is 7.58. The Morgan fingerprint density at radius 2 is 2.20 bits per heavy atom. The molecule has 1 N–H and O–H groups in total. The highest BCUT2D eigenvalue weighted by molar-refractivity contribution is 7.11. The lowest BCUT2D eigenvalue weighted by molar-refractivity contribution is 0.0887. The van der Waals surface area contributed by atoms with Crippen LogP contribution in [0.4, 0.5) is 0 Å². The molecular formula is C15H18N2O2S. The van der Waals surface area contributed by atoms with Gasteiger partial charge in [-0.1, -0.05) is 12.1 Å². The summed E-state index contributed by atoms with van der Waals surface area (Å²) in [6.45, 7) is 5.51. The van der Waals surface area contributed by atoms with Crippen LogP contribution in [0.15, 0.2) is 30.5 Å². The molecule has 20 heavy (non-hydrogen) atoms. The number of benzene rings is 1. The average Bonchev–Trinajstić information content (AvgIpc) is 2.91. The van der Waals surface area contributed by atoms with Crippen molar-refractivity contribution in [2.75, 3.05) is 13.2 Å². The maximum atomic E-state index is 5.92. The molecule has 2 heterocycles. The molecule has 2 atom stereocenters. The second-order valence-electron chi connectivity index (χ2n) is 4.91. The summed E-state index contributed by atoms with van der Waals surface area (Å²) in [4.78, 5) is 5.53. The number of aromatic nitrogens is 1. The summed E-state index contributed by atoms with van der Waals surface area (Å²) in [5.41, 5.74) is 0. The van der Waals surface area contributed by atoms with E-state index >= 15 is 0 Å². The predicted molar refractivity (Wildman–Crippen MR) is 79.6 cm³/mol. The van der Waals surface area contributed by atoms with Gasteiger partial charge >= 0.3 is 0 Å². The third-order valence-corrected chi connectivity index (χ3v) is 4.38. The molecule has 0 aliphatic carbocycles. The number of hydrogen-bond donors (Lipinski definition) is 1. The van der Waals surface area contributed by atoms with Gasteiger partial charge in [-0.25, -0.2) is 4.98 Å². The van der Waals surface area contributed by atoms with Crippen LogP contribution in [-0.4, -0.2) is 24.2 Å². The van der Waals surface area contributed by atoms with E-state index in [9.17, 15) is 0 Å². The number of hydrogen-bond acceptors (Lipinski definition) is 5. The Labute approximate surface area is 122 Å². The third kappa shape index (κ3) is 2.94. The summed E-state index contributed by atoms with van der Waals surface area (Å²) in [5.74, 6) is 1.65. The number of para-hydroxylation sites is 2. The summed E-state index contributed by atoms with van der Waals surface area (Å²) < 4.78 is 11.6. The molecule has 0 radical (unpaired) electrons. The molecule has 0 spiro atoms. The standard InChI is InChI=1S/C15H18N2O2S/c1-10(15-8-17-11(2)20-15)16-7-12-9-18-13-5-3-4-6-14(13)19-12/h3-6,8,10,12,16H,7,9H2,1-2H3/t10-,12-/m1/s1. The Balaban J connectivity index is 1.55. The summed E-state index contributed by atoms with van der Waals surface area (Å²) in [5, 5.41) is 4.58. The molecule has 1 aliphatic rings. The summed E-state index contributed by atoms with van der Waals surface area (Å²) in [6.07, 6.45) is 1.98. The second kappa shape index (κ2) is 5.81. The van der Waals surface area contributed by atoms with Crippen molar-refractivity contribution in [1.82, 2.24) is 10.3 Å². The Morgan fingerprint density at radius 3 is 2.95 bits per heavy atom. The van der Waals surface area contributed by atoms with Gasteiger partial charge < -0.3 is 14.8 Å². The van der Waals surface area contributed by atoms with E-state index in [-0.39, 0.29) is 12.1 Å². The number of fused-ring (bicyclic) bond motifs is 1. The Kier molecular flexibility index (Phi) is 3.89. The Morgan fingerprint density at radius 1 is 1.40 bits per heavy atom. The average molecular weight is 290 g/mol. The lowest BCUT2D eigenvalue weighted by atomic mass is 10.2. The highest BCUT2D eigenvalue weighted by Crippen LogP contribution is 2.30. The van der Waals surface area contributed by atoms with Crippen molar-refractivity contribution in [1.29, 1.82) is 0 Å². The van der Waals surface area contributed by atoms with Crippen LogP contribution in [0.1, 0.15) is 22.9 Å². The van der Waals surface area contributed by atoms with Crippen molar-refractivity contribution in [3.05, 3.63) is 40.3 Å². The SMILES string of the molecule is Cc1ncc([C@@H](C)NC[C@@H]2COc3ccccc3O2)s1. The molecule has 2 aromatic rings. The van der Waals surface area contributed by atoms with Gasteiger partial charge in [0.25, 0.3) is 0 Å². The van der Waals surface area contributed by atoms with Crippen LogP contribution in [0.3, 0.4) is 0 Å². The molecule has 1 aliphatic heterocycles. The topological polar surface area (TPSA) is 43.4 Å². The first-order chi connectivity index (χ1) is 9.72. The molecular weight excluding hydrogens is 272 g/mol. The molecule has 1 aromatic heterocycles. The summed E-state index contributed by atoms with van der Waals surface area (Å²) in [6, 6.07) is 8.07. The van der Waals surface area contributed by atoms with E-state index in [0.29, 0.717) is 6.61 Å². The quantitative estimate of drug-likeness (QED) is 0.940. The molecule has 106 valence electrons. The van der Waals surface area contributed by atoms with Gasteiger partial charge in [-0.15, -0.1) is 11.3 Å². The molecule has 0 saturated heterocycles. The maximum absolute atomic E-state index is 5.92. The number of thiazole rings is 1. The number of nitrogens with zero attached hydrogens (tertiary/aromatic N) is 1.